The van der Waals surface area contributed by atoms with Crippen LogP contribution in [0.1, 0.15) is 23.1 Å². The van der Waals surface area contributed by atoms with E-state index in [1.54, 1.807) is 26.2 Å². The summed E-state index contributed by atoms with van der Waals surface area (Å²) in [5, 5.41) is 0.631. The van der Waals surface area contributed by atoms with Crippen molar-refractivity contribution in [2.45, 2.75) is 36.4 Å². The smallest absolute Gasteiger partial charge is 0.271 e. The fourth-order valence-corrected chi connectivity index (χ4v) is 7.02. The van der Waals surface area contributed by atoms with E-state index in [0.717, 1.165) is 52.2 Å². The van der Waals surface area contributed by atoms with E-state index >= 15 is 0 Å². The molecule has 1 aliphatic carbocycles. The number of sulfonamides is 1. The van der Waals surface area contributed by atoms with Crippen molar-refractivity contribution in [3.8, 4) is 5.75 Å². The monoisotopic (exact) mass is 448 g/mol. The van der Waals surface area contributed by atoms with Crippen molar-refractivity contribution in [1.82, 2.24) is 4.90 Å². The zero-order chi connectivity index (χ0) is 21.6. The Kier molecular flexibility index (Phi) is 5.50. The quantitative estimate of drug-likeness (QED) is 0.621. The van der Waals surface area contributed by atoms with Crippen LogP contribution in [0.3, 0.4) is 0 Å². The highest BCUT2D eigenvalue weighted by Crippen LogP contribution is 2.39. The van der Waals surface area contributed by atoms with Crippen LogP contribution in [0.25, 0.3) is 10.1 Å². The molecule has 1 atom stereocenters. The van der Waals surface area contributed by atoms with Gasteiger partial charge in [0.1, 0.15) is 15.8 Å². The van der Waals surface area contributed by atoms with Gasteiger partial charge in [0, 0.05) is 16.3 Å². The van der Waals surface area contributed by atoms with Gasteiger partial charge in [-0.3, -0.25) is 4.72 Å². The van der Waals surface area contributed by atoms with Gasteiger partial charge in [0.15, 0.2) is 0 Å². The number of methoxy groups -OCH3 is 1. The highest BCUT2D eigenvalue weighted by molar-refractivity contribution is 7.94. The third-order valence-corrected chi connectivity index (χ3v) is 9.11. The maximum absolute atomic E-state index is 13.6. The molecular formula is C22H25FN2O3S2. The number of thiophene rings is 1. The Balaban J connectivity index is 1.74. The van der Waals surface area contributed by atoms with Crippen molar-refractivity contribution in [2.24, 2.45) is 0 Å². The van der Waals surface area contributed by atoms with Crippen molar-refractivity contribution in [1.29, 1.82) is 0 Å². The topological polar surface area (TPSA) is 58.6 Å². The number of nitrogens with one attached hydrogen (secondary N) is 1. The lowest BCUT2D eigenvalue weighted by Gasteiger charge is -2.32. The third kappa shape index (κ3) is 3.68. The molecule has 1 aliphatic rings. The molecule has 0 unspecified atom stereocenters. The lowest BCUT2D eigenvalue weighted by Crippen LogP contribution is -2.34. The van der Waals surface area contributed by atoms with E-state index in [1.165, 1.54) is 12.1 Å². The number of benzene rings is 2. The molecule has 4 rings (SSSR count). The summed E-state index contributed by atoms with van der Waals surface area (Å²) in [4.78, 5) is 2.19. The second-order valence-electron chi connectivity index (χ2n) is 7.89. The van der Waals surface area contributed by atoms with E-state index < -0.39 is 10.0 Å². The van der Waals surface area contributed by atoms with Crippen LogP contribution in [0, 0.1) is 12.7 Å². The molecule has 3 aromatic rings. The number of ether oxygens (including phenoxy) is 1. The number of hydrogen-bond donors (Lipinski definition) is 1. The van der Waals surface area contributed by atoms with E-state index in [2.05, 4.69) is 23.7 Å². The van der Waals surface area contributed by atoms with Gasteiger partial charge in [-0.05, 0) is 87.1 Å². The summed E-state index contributed by atoms with van der Waals surface area (Å²) in [6.45, 7) is 1.72. The zero-order valence-corrected chi connectivity index (χ0v) is 19.1. The number of halogens is 1. The zero-order valence-electron chi connectivity index (χ0n) is 17.5. The SMILES string of the molecule is COc1ccc(NS(=O)(=O)c2sc3ccc(F)cc3c2C)c2c1C[C@@H](N(C)C)CC2. The third-order valence-electron chi connectivity index (χ3n) is 5.85. The first-order valence-corrected chi connectivity index (χ1v) is 12.1. The van der Waals surface area contributed by atoms with E-state index in [9.17, 15) is 12.8 Å². The largest absolute Gasteiger partial charge is 0.496 e. The molecule has 8 heteroatoms. The molecule has 1 aromatic heterocycles. The maximum Gasteiger partial charge on any atom is 0.271 e. The number of aryl methyl sites for hydroxylation is 1. The first kappa shape index (κ1) is 21.1. The van der Waals surface area contributed by atoms with Crippen LogP contribution >= 0.6 is 11.3 Å². The van der Waals surface area contributed by atoms with Gasteiger partial charge in [-0.15, -0.1) is 11.3 Å². The van der Waals surface area contributed by atoms with Crippen LogP contribution in [-0.2, 0) is 22.9 Å². The summed E-state index contributed by atoms with van der Waals surface area (Å²) < 4.78 is 49.5. The number of likely N-dealkylation sites (N-methyl/N-ethyl adjacent to an activating group) is 1. The molecule has 1 N–H and O–H groups in total. The van der Waals surface area contributed by atoms with Crippen LogP contribution in [-0.4, -0.2) is 40.6 Å². The fourth-order valence-electron chi connectivity index (χ4n) is 4.18. The van der Waals surface area contributed by atoms with Crippen LogP contribution in [0.5, 0.6) is 5.75 Å². The van der Waals surface area contributed by atoms with Crippen LogP contribution in [0.2, 0.25) is 0 Å². The molecule has 0 aliphatic heterocycles. The summed E-state index contributed by atoms with van der Waals surface area (Å²) in [6, 6.07) is 8.34. The molecule has 1 heterocycles. The molecule has 0 saturated heterocycles. The van der Waals surface area contributed by atoms with Crippen LogP contribution < -0.4 is 9.46 Å². The van der Waals surface area contributed by atoms with Gasteiger partial charge in [-0.25, -0.2) is 12.8 Å². The summed E-state index contributed by atoms with van der Waals surface area (Å²) in [5.74, 6) is 0.410. The second kappa shape index (κ2) is 7.83. The minimum Gasteiger partial charge on any atom is -0.496 e. The molecule has 0 fully saturated rings. The summed E-state index contributed by atoms with van der Waals surface area (Å²) in [5.41, 5.74) is 3.20. The lowest BCUT2D eigenvalue weighted by atomic mass is 9.86. The van der Waals surface area contributed by atoms with Gasteiger partial charge in [-0.2, -0.15) is 0 Å². The van der Waals surface area contributed by atoms with E-state index in [4.69, 9.17) is 4.74 Å². The van der Waals surface area contributed by atoms with Crippen molar-refractivity contribution >= 4 is 37.1 Å². The molecule has 0 saturated carbocycles. The second-order valence-corrected chi connectivity index (χ2v) is 10.8. The molecule has 2 aromatic carbocycles. The van der Waals surface area contributed by atoms with Crippen molar-refractivity contribution < 1.29 is 17.5 Å². The number of hydrogen-bond acceptors (Lipinski definition) is 5. The standard InChI is InChI=1S/C22H25FN2O3S2/c1-13-17-11-14(23)5-10-21(17)29-22(13)30(26,27)24-19-8-9-20(28-4)18-12-15(25(2)3)6-7-16(18)19/h5,8-11,15,24H,6-7,12H2,1-4H3/t15-/m0/s1. The van der Waals surface area contributed by atoms with Crippen molar-refractivity contribution in [2.75, 3.05) is 25.9 Å². The van der Waals surface area contributed by atoms with Crippen molar-refractivity contribution in [3.05, 3.63) is 52.8 Å². The van der Waals surface area contributed by atoms with Gasteiger partial charge in [0.05, 0.1) is 12.8 Å². The van der Waals surface area contributed by atoms with Crippen LogP contribution in [0.4, 0.5) is 10.1 Å². The number of rotatable bonds is 5. The Morgan fingerprint density at radius 3 is 2.67 bits per heavy atom. The summed E-state index contributed by atoms with van der Waals surface area (Å²) in [7, 11) is 1.95. The predicted molar refractivity (Wildman–Crippen MR) is 120 cm³/mol. The van der Waals surface area contributed by atoms with Crippen LogP contribution in [0.15, 0.2) is 34.5 Å². The van der Waals surface area contributed by atoms with Gasteiger partial charge in [-0.1, -0.05) is 0 Å². The fraction of sp³-hybridized carbons (Fsp3) is 0.364. The summed E-state index contributed by atoms with van der Waals surface area (Å²) >= 11 is 1.16. The number of nitrogens with zero attached hydrogens (tertiary/aromatic N) is 1. The van der Waals surface area contributed by atoms with Gasteiger partial charge < -0.3 is 9.64 Å². The Bertz CT molecular complexity index is 1220. The Hall–Kier alpha value is -2.16. The minimum absolute atomic E-state index is 0.217. The molecule has 0 bridgehead atoms. The maximum atomic E-state index is 13.6. The summed E-state index contributed by atoms with van der Waals surface area (Å²) in [6.07, 6.45) is 2.52. The first-order chi connectivity index (χ1) is 14.2. The highest BCUT2D eigenvalue weighted by Gasteiger charge is 2.28. The minimum atomic E-state index is -3.81. The highest BCUT2D eigenvalue weighted by atomic mass is 32.2. The molecule has 0 radical (unpaired) electrons. The molecule has 0 amide bonds. The lowest BCUT2D eigenvalue weighted by molar-refractivity contribution is 0.265. The van der Waals surface area contributed by atoms with E-state index in [1.807, 2.05) is 6.07 Å². The molecule has 5 nitrogen and oxygen atoms in total. The van der Waals surface area contributed by atoms with E-state index in [-0.39, 0.29) is 10.0 Å². The number of fused-ring (bicyclic) bond motifs is 2. The molecule has 160 valence electrons. The average molecular weight is 449 g/mol. The Morgan fingerprint density at radius 2 is 1.97 bits per heavy atom. The van der Waals surface area contributed by atoms with Crippen molar-refractivity contribution in [3.63, 3.8) is 0 Å². The first-order valence-electron chi connectivity index (χ1n) is 9.78. The van der Waals surface area contributed by atoms with E-state index in [0.29, 0.717) is 22.7 Å². The van der Waals surface area contributed by atoms with Gasteiger partial charge in [0.2, 0.25) is 0 Å². The molecule has 30 heavy (non-hydrogen) atoms. The Labute approximate surface area is 180 Å². The van der Waals surface area contributed by atoms with Gasteiger partial charge in [0.25, 0.3) is 10.0 Å². The Morgan fingerprint density at radius 1 is 1.20 bits per heavy atom. The normalized spacial score (nSPS) is 16.7. The predicted octanol–water partition coefficient (Wildman–Crippen LogP) is 4.58. The molecular weight excluding hydrogens is 423 g/mol. The number of anilines is 1. The van der Waals surface area contributed by atoms with Gasteiger partial charge >= 0.3 is 0 Å². The molecule has 0 spiro atoms. The average Bonchev–Trinajstić information content (AvgIpc) is 3.04.